The van der Waals surface area contributed by atoms with Crippen LogP contribution in [-0.2, 0) is 16.1 Å². The summed E-state index contributed by atoms with van der Waals surface area (Å²) in [4.78, 5) is 22.9. The van der Waals surface area contributed by atoms with E-state index in [1.165, 1.54) is 0 Å². The standard InChI is InChI=1S/C24H26O7/c1-28-19-9-8-16(15-5-3-6-17-18(15)13-30-23(17)27)21(22(19)29-2)31-14-24(11-12-24)10-4-7-20(25)26/h3,5-6,8-9H,4,7,10-14H2,1-2H3,(H,25,26). The number of carboxylic acid groups (broad SMARTS) is 1. The van der Waals surface area contributed by atoms with Crippen molar-refractivity contribution in [2.75, 3.05) is 20.8 Å². The summed E-state index contributed by atoms with van der Waals surface area (Å²) in [5.41, 5.74) is 3.04. The van der Waals surface area contributed by atoms with Crippen LogP contribution in [-0.4, -0.2) is 37.9 Å². The van der Waals surface area contributed by atoms with E-state index in [9.17, 15) is 9.59 Å². The van der Waals surface area contributed by atoms with Crippen LogP contribution in [0.1, 0.15) is 48.0 Å². The molecule has 2 aliphatic rings. The van der Waals surface area contributed by atoms with Gasteiger partial charge in [-0.05, 0) is 49.4 Å². The number of cyclic esters (lactones) is 1. The van der Waals surface area contributed by atoms with Gasteiger partial charge < -0.3 is 24.1 Å². The highest BCUT2D eigenvalue weighted by Crippen LogP contribution is 2.52. The van der Waals surface area contributed by atoms with E-state index in [1.807, 2.05) is 24.3 Å². The molecule has 1 heterocycles. The Morgan fingerprint density at radius 3 is 2.52 bits per heavy atom. The third-order valence-electron chi connectivity index (χ3n) is 6.11. The van der Waals surface area contributed by atoms with Crippen molar-refractivity contribution in [1.82, 2.24) is 0 Å². The first-order valence-electron chi connectivity index (χ1n) is 10.4. The number of aliphatic carboxylic acids is 1. The molecule has 1 aliphatic carbocycles. The van der Waals surface area contributed by atoms with E-state index in [2.05, 4.69) is 0 Å². The number of ether oxygens (including phenoxy) is 4. The Hall–Kier alpha value is -3.22. The molecular weight excluding hydrogens is 400 g/mol. The summed E-state index contributed by atoms with van der Waals surface area (Å²) in [6.07, 6.45) is 3.63. The van der Waals surface area contributed by atoms with Gasteiger partial charge in [-0.1, -0.05) is 12.1 Å². The fourth-order valence-electron chi connectivity index (χ4n) is 4.14. The number of hydrogen-bond donors (Lipinski definition) is 1. The number of esters is 1. The number of benzene rings is 2. The number of methoxy groups -OCH3 is 2. The van der Waals surface area contributed by atoms with Crippen LogP contribution in [0.3, 0.4) is 0 Å². The Balaban J connectivity index is 1.67. The average Bonchev–Trinajstić information content (AvgIpc) is 3.44. The van der Waals surface area contributed by atoms with Gasteiger partial charge in [0.2, 0.25) is 5.75 Å². The van der Waals surface area contributed by atoms with Crippen molar-refractivity contribution >= 4 is 11.9 Å². The Labute approximate surface area is 180 Å². The van der Waals surface area contributed by atoms with Crippen molar-refractivity contribution in [3.63, 3.8) is 0 Å². The molecule has 0 atom stereocenters. The summed E-state index contributed by atoms with van der Waals surface area (Å²) in [7, 11) is 3.14. The lowest BCUT2D eigenvalue weighted by molar-refractivity contribution is -0.137. The van der Waals surface area contributed by atoms with Crippen LogP contribution in [0, 0.1) is 5.41 Å². The second kappa shape index (κ2) is 8.49. The Kier molecular flexibility index (Phi) is 5.76. The zero-order valence-electron chi connectivity index (χ0n) is 17.7. The van der Waals surface area contributed by atoms with Crippen molar-refractivity contribution < 1.29 is 33.6 Å². The average molecular weight is 426 g/mol. The first-order chi connectivity index (χ1) is 15.0. The number of carbonyl (C=O) groups is 2. The van der Waals surface area contributed by atoms with Crippen molar-refractivity contribution in [3.8, 4) is 28.4 Å². The number of fused-ring (bicyclic) bond motifs is 1. The molecule has 1 fully saturated rings. The van der Waals surface area contributed by atoms with Crippen LogP contribution in [0.4, 0.5) is 0 Å². The molecule has 7 heteroatoms. The Morgan fingerprint density at radius 1 is 1.06 bits per heavy atom. The van der Waals surface area contributed by atoms with Crippen LogP contribution < -0.4 is 14.2 Å². The van der Waals surface area contributed by atoms with Crippen molar-refractivity contribution in [1.29, 1.82) is 0 Å². The van der Waals surface area contributed by atoms with E-state index in [0.29, 0.717) is 35.8 Å². The van der Waals surface area contributed by atoms with Gasteiger partial charge in [-0.2, -0.15) is 0 Å². The molecule has 164 valence electrons. The van der Waals surface area contributed by atoms with Crippen LogP contribution in [0.2, 0.25) is 0 Å². The highest BCUT2D eigenvalue weighted by Gasteiger charge is 2.43. The molecule has 0 saturated heterocycles. The summed E-state index contributed by atoms with van der Waals surface area (Å²) < 4.78 is 22.7. The van der Waals surface area contributed by atoms with E-state index >= 15 is 0 Å². The minimum atomic E-state index is -0.775. The van der Waals surface area contributed by atoms with E-state index in [1.54, 1.807) is 20.3 Å². The maximum absolute atomic E-state index is 12.0. The minimum absolute atomic E-state index is 0.00147. The van der Waals surface area contributed by atoms with Gasteiger partial charge in [-0.25, -0.2) is 4.79 Å². The normalized spacial score (nSPS) is 15.7. The van der Waals surface area contributed by atoms with Gasteiger partial charge in [0.05, 0.1) is 26.4 Å². The van der Waals surface area contributed by atoms with E-state index in [4.69, 9.17) is 24.1 Å². The molecule has 0 amide bonds. The number of carboxylic acids is 1. The molecule has 0 bridgehead atoms. The highest BCUT2D eigenvalue weighted by atomic mass is 16.5. The number of rotatable bonds is 10. The lowest BCUT2D eigenvalue weighted by Gasteiger charge is -2.22. The second-order valence-electron chi connectivity index (χ2n) is 8.12. The fraction of sp³-hybridized carbons (Fsp3) is 0.417. The predicted molar refractivity (Wildman–Crippen MR) is 113 cm³/mol. The lowest BCUT2D eigenvalue weighted by Crippen LogP contribution is -2.15. The van der Waals surface area contributed by atoms with Crippen molar-refractivity contribution in [3.05, 3.63) is 41.5 Å². The smallest absolute Gasteiger partial charge is 0.338 e. The van der Waals surface area contributed by atoms with Crippen LogP contribution in [0.15, 0.2) is 30.3 Å². The van der Waals surface area contributed by atoms with Crippen molar-refractivity contribution in [2.45, 2.75) is 38.7 Å². The molecule has 0 unspecified atom stereocenters. The molecule has 1 saturated carbocycles. The quantitative estimate of drug-likeness (QED) is 0.561. The topological polar surface area (TPSA) is 91.3 Å². The highest BCUT2D eigenvalue weighted by molar-refractivity contribution is 5.96. The maximum atomic E-state index is 12.0. The molecule has 2 aromatic rings. The molecule has 1 aliphatic heterocycles. The van der Waals surface area contributed by atoms with Gasteiger partial charge in [0.1, 0.15) is 6.61 Å². The van der Waals surface area contributed by atoms with Gasteiger partial charge in [0, 0.05) is 23.0 Å². The van der Waals surface area contributed by atoms with E-state index in [0.717, 1.165) is 36.0 Å². The third-order valence-corrected chi connectivity index (χ3v) is 6.11. The van der Waals surface area contributed by atoms with Crippen LogP contribution >= 0.6 is 0 Å². The summed E-state index contributed by atoms with van der Waals surface area (Å²) in [6, 6.07) is 9.25. The zero-order valence-corrected chi connectivity index (χ0v) is 17.7. The SMILES string of the molecule is COc1ccc(-c2cccc3c2COC3=O)c(OCC2(CCCC(=O)O)CC2)c1OC. The Bertz CT molecular complexity index is 1010. The first-order valence-corrected chi connectivity index (χ1v) is 10.4. The summed E-state index contributed by atoms with van der Waals surface area (Å²) in [5, 5.41) is 8.93. The van der Waals surface area contributed by atoms with E-state index < -0.39 is 5.97 Å². The molecule has 1 N–H and O–H groups in total. The van der Waals surface area contributed by atoms with Crippen LogP contribution in [0.5, 0.6) is 17.2 Å². The van der Waals surface area contributed by atoms with Crippen molar-refractivity contribution in [2.24, 2.45) is 5.41 Å². The third kappa shape index (κ3) is 4.17. The summed E-state index contributed by atoms with van der Waals surface area (Å²) >= 11 is 0. The number of hydrogen-bond acceptors (Lipinski definition) is 6. The Morgan fingerprint density at radius 2 is 1.84 bits per heavy atom. The molecule has 0 spiro atoms. The molecule has 2 aromatic carbocycles. The number of carbonyl (C=O) groups excluding carboxylic acids is 1. The molecule has 0 radical (unpaired) electrons. The molecule has 4 rings (SSSR count). The van der Waals surface area contributed by atoms with Gasteiger partial charge >= 0.3 is 11.9 Å². The van der Waals surface area contributed by atoms with Gasteiger partial charge in [0.25, 0.3) is 0 Å². The maximum Gasteiger partial charge on any atom is 0.338 e. The monoisotopic (exact) mass is 426 g/mol. The van der Waals surface area contributed by atoms with Gasteiger partial charge in [-0.15, -0.1) is 0 Å². The zero-order chi connectivity index (χ0) is 22.0. The molecular formula is C24H26O7. The molecule has 0 aromatic heterocycles. The van der Waals surface area contributed by atoms with E-state index in [-0.39, 0.29) is 24.4 Å². The summed E-state index contributed by atoms with van der Waals surface area (Å²) in [6.45, 7) is 0.685. The van der Waals surface area contributed by atoms with Gasteiger partial charge in [0.15, 0.2) is 11.5 Å². The lowest BCUT2D eigenvalue weighted by atomic mass is 9.95. The first kappa shape index (κ1) is 21.0. The van der Waals surface area contributed by atoms with Crippen LogP contribution in [0.25, 0.3) is 11.1 Å². The predicted octanol–water partition coefficient (Wildman–Crippen LogP) is 4.46. The largest absolute Gasteiger partial charge is 0.493 e. The molecule has 31 heavy (non-hydrogen) atoms. The minimum Gasteiger partial charge on any atom is -0.493 e. The molecule has 7 nitrogen and oxygen atoms in total. The van der Waals surface area contributed by atoms with Gasteiger partial charge in [-0.3, -0.25) is 4.79 Å². The summed E-state index contributed by atoms with van der Waals surface area (Å²) in [5.74, 6) is 0.499. The second-order valence-corrected chi connectivity index (χ2v) is 8.12. The fourth-order valence-corrected chi connectivity index (χ4v) is 4.14.